The van der Waals surface area contributed by atoms with E-state index in [0.29, 0.717) is 5.69 Å². The van der Waals surface area contributed by atoms with E-state index in [0.717, 1.165) is 31.6 Å². The van der Waals surface area contributed by atoms with Crippen LogP contribution in [0.5, 0.6) is 0 Å². The third-order valence-corrected chi connectivity index (χ3v) is 3.14. The number of likely N-dealkylation sites (N-methyl/N-ethyl adjacent to an activating group) is 1. The van der Waals surface area contributed by atoms with Gasteiger partial charge >= 0.3 is 0 Å². The van der Waals surface area contributed by atoms with Crippen molar-refractivity contribution in [1.82, 2.24) is 10.3 Å². The van der Waals surface area contributed by atoms with Crippen LogP contribution in [-0.4, -0.2) is 30.5 Å². The van der Waals surface area contributed by atoms with Crippen molar-refractivity contribution in [2.24, 2.45) is 0 Å². The van der Waals surface area contributed by atoms with E-state index >= 15 is 0 Å². The molecule has 92 valence electrons. The molecule has 1 unspecified atom stereocenters. The number of hydrogen-bond acceptors (Lipinski definition) is 4. The first kappa shape index (κ1) is 11.7. The molecule has 1 atom stereocenters. The fraction of sp³-hybridized carbons (Fsp3) is 0.500. The van der Waals surface area contributed by atoms with Crippen LogP contribution in [0.1, 0.15) is 19.3 Å². The molecule has 0 aromatic carbocycles. The Morgan fingerprint density at radius 2 is 2.41 bits per heavy atom. The van der Waals surface area contributed by atoms with Crippen LogP contribution in [-0.2, 0) is 4.79 Å². The summed E-state index contributed by atoms with van der Waals surface area (Å²) in [5.41, 5.74) is 6.55. The number of nitrogens with one attached hydrogen (secondary N) is 1. The number of rotatable bonds is 2. The summed E-state index contributed by atoms with van der Waals surface area (Å²) in [6.45, 7) is 0.833. The number of piperidine rings is 1. The minimum atomic E-state index is -0.147. The van der Waals surface area contributed by atoms with Gasteiger partial charge in [0.05, 0.1) is 5.69 Å². The highest BCUT2D eigenvalue weighted by molar-refractivity contribution is 5.86. The third kappa shape index (κ3) is 2.33. The van der Waals surface area contributed by atoms with Gasteiger partial charge in [-0.1, -0.05) is 0 Å². The molecule has 0 radical (unpaired) electrons. The van der Waals surface area contributed by atoms with Crippen LogP contribution in [0.25, 0.3) is 0 Å². The third-order valence-electron chi connectivity index (χ3n) is 3.14. The Labute approximate surface area is 101 Å². The summed E-state index contributed by atoms with van der Waals surface area (Å²) >= 11 is 0. The normalized spacial score (nSPS) is 20.1. The Bertz CT molecular complexity index is 407. The van der Waals surface area contributed by atoms with E-state index in [4.69, 9.17) is 5.73 Å². The van der Waals surface area contributed by atoms with Crippen LogP contribution in [0.2, 0.25) is 0 Å². The molecule has 0 spiro atoms. The number of carbonyl (C=O) groups is 1. The fourth-order valence-corrected chi connectivity index (χ4v) is 2.27. The molecule has 1 aromatic rings. The standard InChI is InChI=1S/C12H18N4O/c1-14-12(17)10-6-2-3-8-16(10)11-9(13)5-4-7-15-11/h4-5,7,10H,2-3,6,8,13H2,1H3,(H,14,17). The molecule has 5 nitrogen and oxygen atoms in total. The SMILES string of the molecule is CNC(=O)C1CCCCN1c1ncccc1N. The van der Waals surface area contributed by atoms with E-state index in [-0.39, 0.29) is 11.9 Å². The number of nitrogens with zero attached hydrogens (tertiary/aromatic N) is 2. The van der Waals surface area contributed by atoms with Gasteiger partial charge in [-0.3, -0.25) is 4.79 Å². The summed E-state index contributed by atoms with van der Waals surface area (Å²) in [6, 6.07) is 3.47. The number of amides is 1. The van der Waals surface area contributed by atoms with E-state index < -0.39 is 0 Å². The molecule has 1 amide bonds. The monoisotopic (exact) mass is 234 g/mol. The van der Waals surface area contributed by atoms with E-state index in [2.05, 4.69) is 10.3 Å². The van der Waals surface area contributed by atoms with Gasteiger partial charge in [0.1, 0.15) is 6.04 Å². The lowest BCUT2D eigenvalue weighted by Gasteiger charge is -2.35. The number of carbonyl (C=O) groups excluding carboxylic acids is 1. The molecule has 0 aliphatic carbocycles. The van der Waals surface area contributed by atoms with E-state index in [9.17, 15) is 4.79 Å². The molecule has 17 heavy (non-hydrogen) atoms. The van der Waals surface area contributed by atoms with Gasteiger partial charge in [0.15, 0.2) is 5.82 Å². The van der Waals surface area contributed by atoms with Crippen LogP contribution >= 0.6 is 0 Å². The molecule has 2 rings (SSSR count). The number of nitrogens with two attached hydrogens (primary N) is 1. The minimum Gasteiger partial charge on any atom is -0.396 e. The zero-order valence-corrected chi connectivity index (χ0v) is 10.0. The Hall–Kier alpha value is -1.78. The lowest BCUT2D eigenvalue weighted by molar-refractivity contribution is -0.122. The van der Waals surface area contributed by atoms with Crippen LogP contribution < -0.4 is 16.0 Å². The second-order valence-electron chi connectivity index (χ2n) is 4.24. The summed E-state index contributed by atoms with van der Waals surface area (Å²) < 4.78 is 0. The smallest absolute Gasteiger partial charge is 0.242 e. The lowest BCUT2D eigenvalue weighted by atomic mass is 10.0. The van der Waals surface area contributed by atoms with Gasteiger partial charge in [0.2, 0.25) is 5.91 Å². The van der Waals surface area contributed by atoms with Crippen molar-refractivity contribution in [2.75, 3.05) is 24.2 Å². The van der Waals surface area contributed by atoms with Gasteiger partial charge in [-0.2, -0.15) is 0 Å². The van der Waals surface area contributed by atoms with Crippen molar-refractivity contribution in [3.63, 3.8) is 0 Å². The van der Waals surface area contributed by atoms with Crippen molar-refractivity contribution in [1.29, 1.82) is 0 Å². The van der Waals surface area contributed by atoms with E-state index in [1.807, 2.05) is 11.0 Å². The fourth-order valence-electron chi connectivity index (χ4n) is 2.27. The zero-order valence-electron chi connectivity index (χ0n) is 10.0. The number of aromatic nitrogens is 1. The predicted octanol–water partition coefficient (Wildman–Crippen LogP) is 0.769. The highest BCUT2D eigenvalue weighted by Gasteiger charge is 2.29. The van der Waals surface area contributed by atoms with E-state index in [1.165, 1.54) is 0 Å². The van der Waals surface area contributed by atoms with Gasteiger partial charge in [-0.25, -0.2) is 4.98 Å². The average molecular weight is 234 g/mol. The maximum atomic E-state index is 11.8. The summed E-state index contributed by atoms with van der Waals surface area (Å²) in [7, 11) is 1.66. The quantitative estimate of drug-likeness (QED) is 0.793. The predicted molar refractivity (Wildman–Crippen MR) is 67.7 cm³/mol. The highest BCUT2D eigenvalue weighted by atomic mass is 16.2. The topological polar surface area (TPSA) is 71.2 Å². The molecule has 1 saturated heterocycles. The molecule has 0 bridgehead atoms. The van der Waals surface area contributed by atoms with Crippen molar-refractivity contribution in [2.45, 2.75) is 25.3 Å². The number of pyridine rings is 1. The lowest BCUT2D eigenvalue weighted by Crippen LogP contribution is -2.49. The maximum Gasteiger partial charge on any atom is 0.242 e. The Morgan fingerprint density at radius 1 is 1.59 bits per heavy atom. The Balaban J connectivity index is 2.28. The van der Waals surface area contributed by atoms with Gasteiger partial charge in [-0.05, 0) is 31.4 Å². The zero-order chi connectivity index (χ0) is 12.3. The van der Waals surface area contributed by atoms with Gasteiger partial charge in [0, 0.05) is 19.8 Å². The average Bonchev–Trinajstić information content (AvgIpc) is 2.38. The van der Waals surface area contributed by atoms with Crippen LogP contribution in [0.15, 0.2) is 18.3 Å². The summed E-state index contributed by atoms with van der Waals surface area (Å²) in [6.07, 6.45) is 4.71. The summed E-state index contributed by atoms with van der Waals surface area (Å²) in [4.78, 5) is 18.1. The first-order chi connectivity index (χ1) is 8.24. The Morgan fingerprint density at radius 3 is 3.12 bits per heavy atom. The molecule has 0 saturated carbocycles. The second-order valence-corrected chi connectivity index (χ2v) is 4.24. The molecular weight excluding hydrogens is 216 g/mol. The largest absolute Gasteiger partial charge is 0.396 e. The molecule has 1 fully saturated rings. The highest BCUT2D eigenvalue weighted by Crippen LogP contribution is 2.27. The molecule has 5 heteroatoms. The van der Waals surface area contributed by atoms with Crippen molar-refractivity contribution in [3.8, 4) is 0 Å². The first-order valence-electron chi connectivity index (χ1n) is 5.92. The number of anilines is 2. The molecule has 1 aliphatic rings. The Kier molecular flexibility index (Phi) is 3.46. The van der Waals surface area contributed by atoms with Gasteiger partial charge in [0.25, 0.3) is 0 Å². The van der Waals surface area contributed by atoms with E-state index in [1.54, 1.807) is 19.3 Å². The molecule has 2 heterocycles. The molecule has 3 N–H and O–H groups in total. The van der Waals surface area contributed by atoms with Crippen LogP contribution in [0.4, 0.5) is 11.5 Å². The van der Waals surface area contributed by atoms with Crippen molar-refractivity contribution >= 4 is 17.4 Å². The first-order valence-corrected chi connectivity index (χ1v) is 5.92. The minimum absolute atomic E-state index is 0.0368. The van der Waals surface area contributed by atoms with Gasteiger partial charge in [-0.15, -0.1) is 0 Å². The van der Waals surface area contributed by atoms with Crippen LogP contribution in [0, 0.1) is 0 Å². The number of nitrogen functional groups attached to an aromatic ring is 1. The molecule has 1 aromatic heterocycles. The van der Waals surface area contributed by atoms with Gasteiger partial charge < -0.3 is 16.0 Å². The van der Waals surface area contributed by atoms with Crippen LogP contribution in [0.3, 0.4) is 0 Å². The van der Waals surface area contributed by atoms with Crippen molar-refractivity contribution in [3.05, 3.63) is 18.3 Å². The summed E-state index contributed by atoms with van der Waals surface area (Å²) in [5.74, 6) is 0.760. The molecule has 1 aliphatic heterocycles. The second kappa shape index (κ2) is 5.03. The summed E-state index contributed by atoms with van der Waals surface area (Å²) in [5, 5.41) is 2.70. The molecular formula is C12H18N4O. The number of hydrogen-bond donors (Lipinski definition) is 2. The van der Waals surface area contributed by atoms with Crippen molar-refractivity contribution < 1.29 is 4.79 Å². The maximum absolute atomic E-state index is 11.8.